The Bertz CT molecular complexity index is 77.0. The van der Waals surface area contributed by atoms with Crippen molar-refractivity contribution >= 4 is 18.7 Å². The van der Waals surface area contributed by atoms with Gasteiger partial charge in [-0.05, 0) is 4.67 Å². The quantitative estimate of drug-likeness (QED) is 0.369. The number of rotatable bonds is 0. The molecule has 1 atom stereocenters. The van der Waals surface area contributed by atoms with Gasteiger partial charge < -0.3 is 0 Å². The molecule has 1 rings (SSSR count). The summed E-state index contributed by atoms with van der Waals surface area (Å²) in [6.45, 7) is 0.0872. The summed E-state index contributed by atoms with van der Waals surface area (Å²) in [5.74, 6) is 0. The minimum absolute atomic E-state index is 0.631. The summed E-state index contributed by atoms with van der Waals surface area (Å²) in [7, 11) is 0. The summed E-state index contributed by atoms with van der Waals surface area (Å²) in [6.07, 6.45) is 2.08. The summed E-state index contributed by atoms with van der Waals surface area (Å²) in [6, 6.07) is 0. The van der Waals surface area contributed by atoms with Gasteiger partial charge in [-0.3, -0.25) is 0 Å². The second-order valence-electron chi connectivity index (χ2n) is 1.31. The molecule has 0 radical (unpaired) electrons. The van der Waals surface area contributed by atoms with Crippen molar-refractivity contribution in [1.29, 1.82) is 0 Å². The van der Waals surface area contributed by atoms with Gasteiger partial charge in [0.2, 0.25) is 11.8 Å². The Labute approximate surface area is 48.2 Å². The molecule has 2 nitrogen and oxygen atoms in total. The van der Waals surface area contributed by atoms with Crippen molar-refractivity contribution in [2.45, 2.75) is 6.42 Å². The third-order valence-corrected chi connectivity index (χ3v) is 2.39. The highest BCUT2D eigenvalue weighted by Crippen LogP contribution is 2.27. The van der Waals surface area contributed by atoms with Crippen LogP contribution in [-0.2, 0) is 21.4 Å². The first-order valence-electron chi connectivity index (χ1n) is 2.14. The van der Waals surface area contributed by atoms with Crippen molar-refractivity contribution in [1.82, 2.24) is 0 Å². The lowest BCUT2D eigenvalue weighted by atomic mass is 10.5. The van der Waals surface area contributed by atoms with Gasteiger partial charge in [0, 0.05) is 6.42 Å². The molecule has 1 saturated heterocycles. The molecular formula is C3H6O2PS+. The third kappa shape index (κ3) is 1.78. The van der Waals surface area contributed by atoms with Gasteiger partial charge in [-0.1, -0.05) is 0 Å². The van der Waals surface area contributed by atoms with E-state index in [4.69, 9.17) is 11.8 Å². The summed E-state index contributed by atoms with van der Waals surface area (Å²) in [5, 5.41) is 0. The average Bonchev–Trinajstić information content (AvgIpc) is 1.69. The van der Waals surface area contributed by atoms with Gasteiger partial charge in [-0.15, -0.1) is 0 Å². The van der Waals surface area contributed by atoms with Crippen molar-refractivity contribution in [2.24, 2.45) is 0 Å². The first kappa shape index (κ1) is 5.57. The van der Waals surface area contributed by atoms with E-state index in [1.54, 1.807) is 0 Å². The first-order valence-corrected chi connectivity index (χ1v) is 4.59. The maximum atomic E-state index is 4.81. The predicted octanol–water partition coefficient (Wildman–Crippen LogP) is 1.20. The molecule has 1 aliphatic rings. The molecule has 0 saturated carbocycles. The molecule has 0 spiro atoms. The van der Waals surface area contributed by atoms with E-state index in [-0.39, 0.29) is 0 Å². The zero-order chi connectivity index (χ0) is 5.11. The molecule has 40 valence electrons. The van der Waals surface area contributed by atoms with Crippen LogP contribution in [0.25, 0.3) is 0 Å². The molecule has 0 aromatic heterocycles. The topological polar surface area (TPSA) is 18.5 Å². The van der Waals surface area contributed by atoms with Crippen LogP contribution in [0.15, 0.2) is 0 Å². The van der Waals surface area contributed by atoms with Crippen LogP contribution in [0.1, 0.15) is 6.42 Å². The summed E-state index contributed by atoms with van der Waals surface area (Å²) < 4.78 is 4.66. The molecule has 7 heavy (non-hydrogen) atoms. The molecule has 0 N–H and O–H groups in total. The number of hydrogen-bond acceptors (Lipinski definition) is 3. The van der Waals surface area contributed by atoms with Crippen molar-refractivity contribution in [3.63, 3.8) is 0 Å². The van der Waals surface area contributed by atoms with E-state index in [0.29, 0.717) is 0 Å². The van der Waals surface area contributed by atoms with Gasteiger partial charge in [0.25, 0.3) is 0 Å². The normalized spacial score (nSPS) is 27.7. The van der Waals surface area contributed by atoms with Crippen molar-refractivity contribution in [3.8, 4) is 0 Å². The summed E-state index contributed by atoms with van der Waals surface area (Å²) >= 11 is 4.81. The van der Waals surface area contributed by atoms with Crippen LogP contribution in [0, 0.1) is 0 Å². The second kappa shape index (κ2) is 2.68. The fourth-order valence-corrected chi connectivity index (χ4v) is 1.56. The molecule has 0 aromatic rings. The summed E-state index contributed by atoms with van der Waals surface area (Å²) in [5.41, 5.74) is 0. The van der Waals surface area contributed by atoms with Gasteiger partial charge in [-0.2, -0.15) is 4.89 Å². The SMILES string of the molecule is S=[P+]1CCCOO1. The lowest BCUT2D eigenvalue weighted by Gasteiger charge is -1.97. The molecule has 1 aliphatic heterocycles. The zero-order valence-corrected chi connectivity index (χ0v) is 5.50. The fourth-order valence-electron chi connectivity index (χ4n) is 0.386. The molecule has 1 unspecified atom stereocenters. The van der Waals surface area contributed by atoms with Crippen LogP contribution in [0.2, 0.25) is 0 Å². The van der Waals surface area contributed by atoms with E-state index < -0.39 is 6.92 Å². The minimum Gasteiger partial charge on any atom is -0.192 e. The second-order valence-corrected chi connectivity index (χ2v) is 3.79. The molecule has 0 amide bonds. The maximum absolute atomic E-state index is 4.81. The van der Waals surface area contributed by atoms with E-state index in [0.717, 1.165) is 19.2 Å². The Hall–Kier alpha value is 0.440. The Kier molecular flexibility index (Phi) is 2.13. The van der Waals surface area contributed by atoms with Gasteiger partial charge in [0.1, 0.15) is 0 Å². The Balaban J connectivity index is 2.25. The highest BCUT2D eigenvalue weighted by molar-refractivity contribution is 8.02. The molecule has 1 fully saturated rings. The Morgan fingerprint density at radius 1 is 1.57 bits per heavy atom. The van der Waals surface area contributed by atoms with Gasteiger partial charge in [0.05, 0.1) is 6.61 Å². The lowest BCUT2D eigenvalue weighted by molar-refractivity contribution is -0.203. The smallest absolute Gasteiger partial charge is 0.192 e. The first-order chi connectivity index (χ1) is 3.39. The Morgan fingerprint density at radius 3 is 2.71 bits per heavy atom. The fraction of sp³-hybridized carbons (Fsp3) is 1.00. The van der Waals surface area contributed by atoms with Crippen LogP contribution in [-0.4, -0.2) is 12.8 Å². The van der Waals surface area contributed by atoms with E-state index >= 15 is 0 Å². The van der Waals surface area contributed by atoms with Crippen molar-refractivity contribution in [2.75, 3.05) is 12.8 Å². The van der Waals surface area contributed by atoms with E-state index in [9.17, 15) is 0 Å². The standard InChI is InChI=1S/C3H6O2PS/c7-6-3-1-2-4-5-6/h1-3H2/q+1. The number of hydrogen-bond donors (Lipinski definition) is 0. The van der Waals surface area contributed by atoms with Crippen LogP contribution in [0.4, 0.5) is 0 Å². The molecule has 0 bridgehead atoms. The zero-order valence-electron chi connectivity index (χ0n) is 3.79. The third-order valence-electron chi connectivity index (χ3n) is 0.704. The van der Waals surface area contributed by atoms with Gasteiger partial charge >= 0.3 is 6.92 Å². The molecule has 0 aliphatic carbocycles. The summed E-state index contributed by atoms with van der Waals surface area (Å²) in [4.78, 5) is 4.61. The van der Waals surface area contributed by atoms with E-state index in [1.807, 2.05) is 0 Å². The van der Waals surface area contributed by atoms with E-state index in [1.165, 1.54) is 0 Å². The van der Waals surface area contributed by atoms with E-state index in [2.05, 4.69) is 9.56 Å². The monoisotopic (exact) mass is 137 g/mol. The largest absolute Gasteiger partial charge is 0.377 e. The predicted molar refractivity (Wildman–Crippen MR) is 30.8 cm³/mol. The van der Waals surface area contributed by atoms with Crippen LogP contribution >= 0.6 is 6.92 Å². The maximum Gasteiger partial charge on any atom is 0.377 e. The highest BCUT2D eigenvalue weighted by Gasteiger charge is 2.17. The van der Waals surface area contributed by atoms with Crippen molar-refractivity contribution < 1.29 is 9.56 Å². The van der Waals surface area contributed by atoms with Crippen LogP contribution < -0.4 is 0 Å². The minimum atomic E-state index is -0.631. The average molecular weight is 137 g/mol. The van der Waals surface area contributed by atoms with Crippen LogP contribution in [0.3, 0.4) is 0 Å². The molecule has 1 heterocycles. The van der Waals surface area contributed by atoms with Crippen molar-refractivity contribution in [3.05, 3.63) is 0 Å². The van der Waals surface area contributed by atoms with Gasteiger partial charge in [0.15, 0.2) is 6.16 Å². The molecule has 0 aromatic carbocycles. The molecular weight excluding hydrogens is 131 g/mol. The highest BCUT2D eigenvalue weighted by atomic mass is 32.4. The lowest BCUT2D eigenvalue weighted by Crippen LogP contribution is -2.00. The van der Waals surface area contributed by atoms with Gasteiger partial charge in [-0.25, -0.2) is 0 Å². The Morgan fingerprint density at radius 2 is 2.43 bits per heavy atom. The van der Waals surface area contributed by atoms with Crippen LogP contribution in [0.5, 0.6) is 0 Å². The molecule has 4 heteroatoms.